The second kappa shape index (κ2) is 9.04. The van der Waals surface area contributed by atoms with Crippen LogP contribution in [0.3, 0.4) is 0 Å². The predicted molar refractivity (Wildman–Crippen MR) is 110 cm³/mol. The fourth-order valence-corrected chi connectivity index (χ4v) is 2.84. The van der Waals surface area contributed by atoms with Crippen molar-refractivity contribution in [3.05, 3.63) is 84.2 Å². The highest BCUT2D eigenvalue weighted by molar-refractivity contribution is 5.95. The van der Waals surface area contributed by atoms with Crippen molar-refractivity contribution < 1.29 is 14.6 Å². The highest BCUT2D eigenvalue weighted by Crippen LogP contribution is 2.28. The Morgan fingerprint density at radius 3 is 2.57 bits per heavy atom. The largest absolute Gasteiger partial charge is 0.506 e. The fraction of sp³-hybridized carbons (Fsp3) is 0.217. The Hall–Kier alpha value is -3.34. The van der Waals surface area contributed by atoms with Crippen molar-refractivity contribution in [1.29, 1.82) is 0 Å². The first-order valence-electron chi connectivity index (χ1n) is 9.25. The molecule has 5 nitrogen and oxygen atoms in total. The first-order valence-corrected chi connectivity index (χ1v) is 9.25. The number of phenols is 1. The normalized spacial score (nSPS) is 10.7. The summed E-state index contributed by atoms with van der Waals surface area (Å²) < 4.78 is 5.75. The number of carbonyl (C=O) groups excluding carboxylic acids is 1. The van der Waals surface area contributed by atoms with Crippen LogP contribution >= 0.6 is 0 Å². The van der Waals surface area contributed by atoms with Gasteiger partial charge in [-0.2, -0.15) is 0 Å². The van der Waals surface area contributed by atoms with Crippen molar-refractivity contribution in [2.24, 2.45) is 0 Å². The molecule has 0 bridgehead atoms. The van der Waals surface area contributed by atoms with Crippen molar-refractivity contribution in [1.82, 2.24) is 4.98 Å². The molecule has 0 radical (unpaired) electrons. The van der Waals surface area contributed by atoms with Gasteiger partial charge in [0.05, 0.1) is 17.9 Å². The summed E-state index contributed by atoms with van der Waals surface area (Å²) >= 11 is 0. The monoisotopic (exact) mass is 376 g/mol. The zero-order valence-corrected chi connectivity index (χ0v) is 16.1. The van der Waals surface area contributed by atoms with Crippen LogP contribution in [0.1, 0.15) is 31.0 Å². The van der Waals surface area contributed by atoms with E-state index in [0.29, 0.717) is 17.4 Å². The van der Waals surface area contributed by atoms with Crippen LogP contribution in [0.2, 0.25) is 0 Å². The Balaban J connectivity index is 1.79. The molecule has 1 heterocycles. The summed E-state index contributed by atoms with van der Waals surface area (Å²) in [5.74, 6) is 0.798. The summed E-state index contributed by atoms with van der Waals surface area (Å²) in [5.41, 5.74) is 2.30. The number of benzene rings is 2. The molecular formula is C23H24N2O3. The molecule has 3 rings (SSSR count). The summed E-state index contributed by atoms with van der Waals surface area (Å²) in [6.45, 7) is 4.32. The van der Waals surface area contributed by atoms with Crippen LogP contribution in [-0.4, -0.2) is 22.6 Å². The molecular weight excluding hydrogens is 352 g/mol. The lowest BCUT2D eigenvalue weighted by molar-refractivity contribution is -0.120. The summed E-state index contributed by atoms with van der Waals surface area (Å²) in [5, 5.41) is 10.2. The van der Waals surface area contributed by atoms with Gasteiger partial charge in [0.2, 0.25) is 0 Å². The second-order valence-corrected chi connectivity index (χ2v) is 6.81. The summed E-state index contributed by atoms with van der Waals surface area (Å²) in [7, 11) is 0. The first kappa shape index (κ1) is 19.4. The summed E-state index contributed by atoms with van der Waals surface area (Å²) in [6, 6.07) is 20.0. The van der Waals surface area contributed by atoms with Crippen molar-refractivity contribution in [2.45, 2.75) is 26.3 Å². The van der Waals surface area contributed by atoms with Crippen LogP contribution in [0, 0.1) is 0 Å². The van der Waals surface area contributed by atoms with Crippen LogP contribution in [-0.2, 0) is 11.3 Å². The van der Waals surface area contributed by atoms with Crippen molar-refractivity contribution in [3.8, 4) is 11.5 Å². The van der Waals surface area contributed by atoms with Crippen molar-refractivity contribution in [2.75, 3.05) is 11.5 Å². The highest BCUT2D eigenvalue weighted by atomic mass is 16.5. The number of pyridine rings is 1. The number of hydrogen-bond acceptors (Lipinski definition) is 4. The van der Waals surface area contributed by atoms with E-state index in [1.165, 1.54) is 4.90 Å². The van der Waals surface area contributed by atoms with Gasteiger partial charge in [0.25, 0.3) is 5.91 Å². The Labute approximate surface area is 165 Å². The highest BCUT2D eigenvalue weighted by Gasteiger charge is 2.20. The van der Waals surface area contributed by atoms with E-state index in [4.69, 9.17) is 4.74 Å². The van der Waals surface area contributed by atoms with Gasteiger partial charge in [-0.25, -0.2) is 0 Å². The molecule has 144 valence electrons. The number of aromatic hydroxyl groups is 1. The van der Waals surface area contributed by atoms with E-state index in [9.17, 15) is 9.90 Å². The minimum Gasteiger partial charge on any atom is -0.506 e. The zero-order valence-electron chi connectivity index (χ0n) is 16.1. The number of para-hydroxylation sites is 2. The molecule has 0 aliphatic rings. The second-order valence-electron chi connectivity index (χ2n) is 6.81. The zero-order chi connectivity index (χ0) is 19.9. The molecule has 0 unspecified atom stereocenters. The lowest BCUT2D eigenvalue weighted by Gasteiger charge is -2.23. The number of aromatic nitrogens is 1. The van der Waals surface area contributed by atoms with Gasteiger partial charge in [-0.15, -0.1) is 0 Å². The van der Waals surface area contributed by atoms with E-state index in [1.54, 1.807) is 30.5 Å². The van der Waals surface area contributed by atoms with Crippen LogP contribution < -0.4 is 9.64 Å². The molecule has 0 saturated carbocycles. The summed E-state index contributed by atoms with van der Waals surface area (Å²) in [6.07, 6.45) is 1.68. The number of amides is 1. The van der Waals surface area contributed by atoms with Crippen molar-refractivity contribution in [3.63, 3.8) is 0 Å². The van der Waals surface area contributed by atoms with Gasteiger partial charge in [-0.3, -0.25) is 14.7 Å². The van der Waals surface area contributed by atoms with Crippen molar-refractivity contribution >= 4 is 11.6 Å². The van der Waals surface area contributed by atoms with Crippen LogP contribution in [0.5, 0.6) is 11.5 Å². The van der Waals surface area contributed by atoms with Crippen LogP contribution in [0.25, 0.3) is 0 Å². The predicted octanol–water partition coefficient (Wildman–Crippen LogP) is 4.52. The molecule has 0 atom stereocenters. The molecule has 1 amide bonds. The third kappa shape index (κ3) is 4.88. The minimum atomic E-state index is -0.262. The molecule has 0 aliphatic carbocycles. The van der Waals surface area contributed by atoms with Crippen LogP contribution in [0.4, 0.5) is 5.69 Å². The van der Waals surface area contributed by atoms with E-state index < -0.39 is 0 Å². The van der Waals surface area contributed by atoms with Gasteiger partial charge < -0.3 is 9.84 Å². The van der Waals surface area contributed by atoms with Gasteiger partial charge in [0.15, 0.2) is 6.61 Å². The fourth-order valence-electron chi connectivity index (χ4n) is 2.84. The van der Waals surface area contributed by atoms with Gasteiger partial charge >= 0.3 is 0 Å². The molecule has 0 aliphatic heterocycles. The van der Waals surface area contributed by atoms with Gasteiger partial charge in [-0.1, -0.05) is 44.2 Å². The molecule has 0 spiro atoms. The smallest absolute Gasteiger partial charge is 0.265 e. The SMILES string of the molecule is CC(C)c1cccc(OCC(=O)N(Cc2ccccn2)c2ccccc2O)c1. The number of hydrogen-bond donors (Lipinski definition) is 1. The molecule has 3 aromatic rings. The van der Waals surface area contributed by atoms with Gasteiger partial charge in [0.1, 0.15) is 11.5 Å². The van der Waals surface area contributed by atoms with Gasteiger partial charge in [-0.05, 0) is 47.9 Å². The molecule has 1 aromatic heterocycles. The maximum Gasteiger partial charge on any atom is 0.265 e. The number of carbonyl (C=O) groups is 1. The number of phenolic OH excluding ortho intramolecular Hbond substituents is 1. The maximum atomic E-state index is 13.0. The molecule has 5 heteroatoms. The van der Waals surface area contributed by atoms with E-state index in [1.807, 2.05) is 42.5 Å². The third-order valence-corrected chi connectivity index (χ3v) is 4.41. The number of anilines is 1. The maximum absolute atomic E-state index is 13.0. The average molecular weight is 376 g/mol. The van der Waals surface area contributed by atoms with E-state index in [-0.39, 0.29) is 24.8 Å². The molecule has 0 fully saturated rings. The number of nitrogens with zero attached hydrogens (tertiary/aromatic N) is 2. The average Bonchev–Trinajstić information content (AvgIpc) is 2.72. The Kier molecular flexibility index (Phi) is 6.27. The Bertz CT molecular complexity index is 926. The quantitative estimate of drug-likeness (QED) is 0.658. The third-order valence-electron chi connectivity index (χ3n) is 4.41. The minimum absolute atomic E-state index is 0.0357. The Morgan fingerprint density at radius 1 is 1.07 bits per heavy atom. The lowest BCUT2D eigenvalue weighted by Crippen LogP contribution is -2.34. The Morgan fingerprint density at radius 2 is 1.86 bits per heavy atom. The van der Waals surface area contributed by atoms with E-state index in [2.05, 4.69) is 18.8 Å². The molecule has 0 saturated heterocycles. The summed E-state index contributed by atoms with van der Waals surface area (Å²) in [4.78, 5) is 18.7. The lowest BCUT2D eigenvalue weighted by atomic mass is 10.0. The standard InChI is InChI=1S/C23H24N2O3/c1-17(2)18-8-7-10-20(14-18)28-16-23(27)25(15-19-9-5-6-13-24-19)21-11-3-4-12-22(21)26/h3-14,17,26H,15-16H2,1-2H3. The van der Waals surface area contributed by atoms with E-state index in [0.717, 1.165) is 11.3 Å². The van der Waals surface area contributed by atoms with E-state index >= 15 is 0 Å². The number of rotatable bonds is 7. The molecule has 2 aromatic carbocycles. The van der Waals surface area contributed by atoms with Gasteiger partial charge in [0, 0.05) is 6.20 Å². The number of ether oxygens (including phenoxy) is 1. The first-order chi connectivity index (χ1) is 13.5. The molecule has 1 N–H and O–H groups in total. The van der Waals surface area contributed by atoms with Crippen LogP contribution in [0.15, 0.2) is 72.9 Å². The molecule has 28 heavy (non-hydrogen) atoms. The topological polar surface area (TPSA) is 62.7 Å².